The maximum absolute atomic E-state index is 13.5. The summed E-state index contributed by atoms with van der Waals surface area (Å²) in [5, 5.41) is 31.3. The lowest BCUT2D eigenvalue weighted by atomic mass is 9.95. The minimum absolute atomic E-state index is 0.148. The first-order valence-corrected chi connectivity index (χ1v) is 15.4. The number of hydrogen-bond donors (Lipinski definition) is 1. The van der Waals surface area contributed by atoms with Crippen molar-refractivity contribution in [1.82, 2.24) is 10.2 Å². The minimum Gasteiger partial charge on any atom is -0.507 e. The van der Waals surface area contributed by atoms with Crippen LogP contribution in [0.5, 0.6) is 5.75 Å². The number of amides is 1. The SMILES string of the molecule is CCCCOc1ccc(/C(O)=C2/C(=O)C(=O)N(c3nnc(SCc4ccc(C)cc4)s3)C2c2ccc([N+](=O)[O-])cc2)cc1. The van der Waals surface area contributed by atoms with Crippen LogP contribution in [0.3, 0.4) is 0 Å². The highest BCUT2D eigenvalue weighted by molar-refractivity contribution is 8.00. The van der Waals surface area contributed by atoms with E-state index in [1.165, 1.54) is 40.9 Å². The number of ether oxygens (including phenoxy) is 1. The molecule has 1 aliphatic heterocycles. The van der Waals surface area contributed by atoms with Crippen molar-refractivity contribution in [2.75, 3.05) is 11.5 Å². The van der Waals surface area contributed by atoms with Gasteiger partial charge in [0, 0.05) is 23.4 Å². The van der Waals surface area contributed by atoms with Crippen LogP contribution >= 0.6 is 23.1 Å². The highest BCUT2D eigenvalue weighted by Gasteiger charge is 2.48. The monoisotopic (exact) mass is 616 g/mol. The summed E-state index contributed by atoms with van der Waals surface area (Å²) in [6.07, 6.45) is 1.89. The molecule has 1 N–H and O–H groups in total. The predicted octanol–water partition coefficient (Wildman–Crippen LogP) is 6.85. The number of unbranched alkanes of at least 4 members (excludes halogenated alkanes) is 1. The molecule has 0 aliphatic carbocycles. The molecule has 1 fully saturated rings. The van der Waals surface area contributed by atoms with Crippen LogP contribution in [-0.2, 0) is 15.3 Å². The number of carbonyl (C=O) groups excluding carboxylic acids is 2. The summed E-state index contributed by atoms with van der Waals surface area (Å²) >= 11 is 2.60. The van der Waals surface area contributed by atoms with E-state index in [2.05, 4.69) is 17.1 Å². The number of ketones is 1. The minimum atomic E-state index is -1.08. The number of aliphatic hydroxyl groups is 1. The average molecular weight is 617 g/mol. The van der Waals surface area contributed by atoms with Gasteiger partial charge in [-0.2, -0.15) is 0 Å². The number of nitrogens with zero attached hydrogens (tertiary/aromatic N) is 4. The summed E-state index contributed by atoms with van der Waals surface area (Å²) in [5.41, 5.74) is 2.67. The van der Waals surface area contributed by atoms with E-state index in [4.69, 9.17) is 4.74 Å². The van der Waals surface area contributed by atoms with E-state index < -0.39 is 22.7 Å². The van der Waals surface area contributed by atoms with Gasteiger partial charge < -0.3 is 9.84 Å². The number of non-ortho nitro benzene ring substituents is 1. The van der Waals surface area contributed by atoms with Gasteiger partial charge in [0.25, 0.3) is 11.5 Å². The number of nitro benzene ring substituents is 1. The van der Waals surface area contributed by atoms with Crippen molar-refractivity contribution in [3.63, 3.8) is 0 Å². The fraction of sp³-hybridized carbons (Fsp3) is 0.226. The molecule has 220 valence electrons. The first-order chi connectivity index (χ1) is 20.8. The number of carbonyl (C=O) groups is 2. The topological polar surface area (TPSA) is 136 Å². The van der Waals surface area contributed by atoms with Gasteiger partial charge in [0.05, 0.1) is 23.1 Å². The molecule has 1 aromatic heterocycles. The molecule has 4 aromatic rings. The zero-order valence-electron chi connectivity index (χ0n) is 23.4. The van der Waals surface area contributed by atoms with Crippen LogP contribution in [0, 0.1) is 17.0 Å². The Kier molecular flexibility index (Phi) is 9.17. The standard InChI is InChI=1S/C31H28N4O6S2/c1-3-4-17-41-24-15-11-22(12-16-24)27(36)25-26(21-9-13-23(14-10-21)35(39)40)34(29(38)28(25)37)30-32-33-31(43-30)42-18-20-7-5-19(2)6-8-20/h5-16,26,36H,3-4,17-18H2,1-2H3/b27-25-. The van der Waals surface area contributed by atoms with E-state index in [0.29, 0.717) is 33.6 Å². The van der Waals surface area contributed by atoms with Crippen LogP contribution in [0.4, 0.5) is 10.8 Å². The van der Waals surface area contributed by atoms with Gasteiger partial charge in [0.15, 0.2) is 4.34 Å². The Hall–Kier alpha value is -4.55. The molecule has 2 heterocycles. The summed E-state index contributed by atoms with van der Waals surface area (Å²) in [5.74, 6) is -0.897. The molecule has 1 atom stereocenters. The molecule has 3 aromatic carbocycles. The van der Waals surface area contributed by atoms with Crippen molar-refractivity contribution in [2.45, 2.75) is 42.8 Å². The summed E-state index contributed by atoms with van der Waals surface area (Å²) in [6, 6.07) is 19.1. The molecule has 0 saturated carbocycles. The molecule has 0 bridgehead atoms. The van der Waals surface area contributed by atoms with E-state index in [9.17, 15) is 24.8 Å². The summed E-state index contributed by atoms with van der Waals surface area (Å²) < 4.78 is 6.29. The Morgan fingerprint density at radius 1 is 1.05 bits per heavy atom. The number of anilines is 1. The lowest BCUT2D eigenvalue weighted by Gasteiger charge is -2.22. The van der Waals surface area contributed by atoms with Gasteiger partial charge in [0.1, 0.15) is 11.5 Å². The van der Waals surface area contributed by atoms with Gasteiger partial charge in [-0.25, -0.2) is 0 Å². The molecule has 12 heteroatoms. The molecule has 1 aliphatic rings. The van der Waals surface area contributed by atoms with E-state index in [1.54, 1.807) is 24.3 Å². The molecule has 0 spiro atoms. The Balaban J connectivity index is 1.50. The van der Waals surface area contributed by atoms with Crippen LogP contribution in [0.15, 0.2) is 82.7 Å². The van der Waals surface area contributed by atoms with Gasteiger partial charge in [0.2, 0.25) is 5.13 Å². The third-order valence-corrected chi connectivity index (χ3v) is 8.97. The zero-order valence-corrected chi connectivity index (χ0v) is 25.1. The van der Waals surface area contributed by atoms with Crippen LogP contribution in [0.1, 0.15) is 48.1 Å². The predicted molar refractivity (Wildman–Crippen MR) is 165 cm³/mol. The van der Waals surface area contributed by atoms with Crippen molar-refractivity contribution in [2.24, 2.45) is 0 Å². The number of hydrogen-bond acceptors (Lipinski definition) is 10. The number of nitro groups is 1. The van der Waals surface area contributed by atoms with Gasteiger partial charge in [-0.3, -0.25) is 24.6 Å². The third kappa shape index (κ3) is 6.60. The van der Waals surface area contributed by atoms with Gasteiger partial charge in [-0.15, -0.1) is 10.2 Å². The molecule has 1 amide bonds. The highest BCUT2D eigenvalue weighted by Crippen LogP contribution is 2.44. The molecular formula is C31H28N4O6S2. The number of aryl methyl sites for hydroxylation is 1. The Morgan fingerprint density at radius 2 is 1.74 bits per heavy atom. The van der Waals surface area contributed by atoms with Crippen molar-refractivity contribution < 1.29 is 24.4 Å². The summed E-state index contributed by atoms with van der Waals surface area (Å²) in [7, 11) is 0. The molecular weight excluding hydrogens is 588 g/mol. The van der Waals surface area contributed by atoms with Crippen molar-refractivity contribution >= 4 is 51.4 Å². The second-order valence-electron chi connectivity index (χ2n) is 9.87. The van der Waals surface area contributed by atoms with Crippen molar-refractivity contribution in [3.05, 3.63) is 111 Å². The lowest BCUT2D eigenvalue weighted by Crippen LogP contribution is -2.29. The van der Waals surface area contributed by atoms with Crippen LogP contribution in [-0.4, -0.2) is 38.5 Å². The molecule has 1 unspecified atom stereocenters. The van der Waals surface area contributed by atoms with E-state index in [0.717, 1.165) is 35.3 Å². The smallest absolute Gasteiger partial charge is 0.301 e. The average Bonchev–Trinajstić information content (AvgIpc) is 3.58. The fourth-order valence-corrected chi connectivity index (χ4v) is 6.33. The first-order valence-electron chi connectivity index (χ1n) is 13.6. The molecule has 43 heavy (non-hydrogen) atoms. The normalized spacial score (nSPS) is 16.0. The number of aliphatic hydroxyl groups excluding tert-OH is 1. The third-order valence-electron chi connectivity index (χ3n) is 6.84. The largest absolute Gasteiger partial charge is 0.507 e. The zero-order chi connectivity index (χ0) is 30.5. The number of rotatable bonds is 11. The number of Topliss-reactive ketones (excluding diaryl/α,β-unsaturated/α-hetero) is 1. The Bertz CT molecular complexity index is 1670. The van der Waals surface area contributed by atoms with Gasteiger partial charge >= 0.3 is 5.91 Å². The van der Waals surface area contributed by atoms with Crippen LogP contribution < -0.4 is 9.64 Å². The fourth-order valence-electron chi connectivity index (χ4n) is 4.51. The second-order valence-corrected chi connectivity index (χ2v) is 12.0. The highest BCUT2D eigenvalue weighted by atomic mass is 32.2. The maximum Gasteiger partial charge on any atom is 0.301 e. The number of thioether (sulfide) groups is 1. The molecule has 0 radical (unpaired) electrons. The molecule has 5 rings (SSSR count). The first kappa shape index (κ1) is 29.9. The van der Waals surface area contributed by atoms with E-state index in [-0.39, 0.29) is 22.2 Å². The number of aromatic nitrogens is 2. The summed E-state index contributed by atoms with van der Waals surface area (Å²) in [4.78, 5) is 38.9. The molecule has 1 saturated heterocycles. The van der Waals surface area contributed by atoms with Gasteiger partial charge in [-0.1, -0.05) is 66.3 Å². The van der Waals surface area contributed by atoms with E-state index >= 15 is 0 Å². The van der Waals surface area contributed by atoms with Crippen LogP contribution in [0.25, 0.3) is 5.76 Å². The van der Waals surface area contributed by atoms with Crippen molar-refractivity contribution in [3.8, 4) is 5.75 Å². The number of benzene rings is 3. The molecule has 10 nitrogen and oxygen atoms in total. The van der Waals surface area contributed by atoms with E-state index in [1.807, 2.05) is 31.2 Å². The Labute approximate surface area is 256 Å². The van der Waals surface area contributed by atoms with Crippen molar-refractivity contribution in [1.29, 1.82) is 0 Å². The second kappa shape index (κ2) is 13.2. The van der Waals surface area contributed by atoms with Crippen LogP contribution in [0.2, 0.25) is 0 Å². The Morgan fingerprint density at radius 3 is 2.40 bits per heavy atom. The lowest BCUT2D eigenvalue weighted by molar-refractivity contribution is -0.384. The maximum atomic E-state index is 13.5. The van der Waals surface area contributed by atoms with Gasteiger partial charge in [-0.05, 0) is 60.9 Å². The summed E-state index contributed by atoms with van der Waals surface area (Å²) in [6.45, 7) is 4.64. The quantitative estimate of drug-likeness (QED) is 0.0280.